The van der Waals surface area contributed by atoms with Crippen molar-refractivity contribution < 1.29 is 18.7 Å². The zero-order valence-electron chi connectivity index (χ0n) is 16.9. The van der Waals surface area contributed by atoms with E-state index in [2.05, 4.69) is 10.2 Å². The number of aliphatic hydroxyl groups is 1. The number of likely N-dealkylation sites (tertiary alicyclic amines) is 2. The number of halogens is 3. The highest BCUT2D eigenvalue weighted by Crippen LogP contribution is 2.61. The molecule has 164 valence electrons. The molecule has 0 radical (unpaired) electrons. The Bertz CT molecular complexity index is 971. The topological polar surface area (TPSA) is 55.8 Å². The van der Waals surface area contributed by atoms with Crippen molar-refractivity contribution in [3.8, 4) is 0 Å². The Morgan fingerprint density at radius 1 is 1.06 bits per heavy atom. The average Bonchev–Trinajstić information content (AvgIpc) is 3.56. The van der Waals surface area contributed by atoms with Crippen LogP contribution in [0.1, 0.15) is 37.3 Å². The summed E-state index contributed by atoms with van der Waals surface area (Å²) in [6.07, 6.45) is 2.94. The number of nitrogens with zero attached hydrogens (tertiary/aromatic N) is 2. The van der Waals surface area contributed by atoms with E-state index in [1.54, 1.807) is 4.90 Å². The fraction of sp³-hybridized carbons (Fsp3) is 0.435. The maximum Gasteiger partial charge on any atom is 0.321 e. The minimum Gasteiger partial charge on any atom is -0.378 e. The van der Waals surface area contributed by atoms with E-state index in [-0.39, 0.29) is 17.1 Å². The van der Waals surface area contributed by atoms with Gasteiger partial charge in [-0.2, -0.15) is 0 Å². The lowest BCUT2D eigenvalue weighted by Crippen LogP contribution is -2.69. The fourth-order valence-corrected chi connectivity index (χ4v) is 5.34. The first-order valence-corrected chi connectivity index (χ1v) is 11.0. The highest BCUT2D eigenvalue weighted by Gasteiger charge is 2.64. The van der Waals surface area contributed by atoms with Gasteiger partial charge in [0.1, 0.15) is 17.9 Å². The maximum absolute atomic E-state index is 13.4. The Labute approximate surface area is 184 Å². The number of piperidine rings is 1. The third-order valence-electron chi connectivity index (χ3n) is 6.89. The van der Waals surface area contributed by atoms with E-state index in [1.165, 1.54) is 0 Å². The van der Waals surface area contributed by atoms with Crippen LogP contribution < -0.4 is 5.32 Å². The lowest BCUT2D eigenvalue weighted by atomic mass is 9.61. The van der Waals surface area contributed by atoms with Gasteiger partial charge in [0.15, 0.2) is 0 Å². The van der Waals surface area contributed by atoms with E-state index < -0.39 is 23.9 Å². The van der Waals surface area contributed by atoms with E-state index in [9.17, 15) is 18.7 Å². The maximum atomic E-state index is 13.4. The van der Waals surface area contributed by atoms with Crippen molar-refractivity contribution in [3.05, 3.63) is 64.7 Å². The molecule has 2 atom stereocenters. The van der Waals surface area contributed by atoms with Gasteiger partial charge in [-0.15, -0.1) is 0 Å². The van der Waals surface area contributed by atoms with Crippen molar-refractivity contribution in [2.24, 2.45) is 5.41 Å². The number of amides is 2. The van der Waals surface area contributed by atoms with E-state index in [1.807, 2.05) is 24.3 Å². The van der Waals surface area contributed by atoms with Crippen LogP contribution in [0.5, 0.6) is 0 Å². The molecule has 2 aliphatic heterocycles. The van der Waals surface area contributed by atoms with Gasteiger partial charge in [-0.1, -0.05) is 23.7 Å². The molecule has 5 rings (SSSR count). The minimum atomic E-state index is -0.739. The van der Waals surface area contributed by atoms with Gasteiger partial charge >= 0.3 is 6.03 Å². The number of hydrogen-bond acceptors (Lipinski definition) is 3. The number of rotatable bonds is 3. The van der Waals surface area contributed by atoms with Gasteiger partial charge in [0.25, 0.3) is 0 Å². The molecule has 0 bridgehead atoms. The first-order chi connectivity index (χ1) is 14.9. The SMILES string of the molecule is O=C(Nc1cc(F)cc(F)c1)N1CCC2(CC1)C(O)N(C1CC1)C2c1ccc(Cl)cc1. The summed E-state index contributed by atoms with van der Waals surface area (Å²) in [5.74, 6) is -1.48. The molecule has 31 heavy (non-hydrogen) atoms. The monoisotopic (exact) mass is 447 g/mol. The number of nitrogens with one attached hydrogen (secondary N) is 1. The molecular weight excluding hydrogens is 424 g/mol. The van der Waals surface area contributed by atoms with Crippen LogP contribution in [0.3, 0.4) is 0 Å². The molecule has 1 saturated carbocycles. The van der Waals surface area contributed by atoms with Crippen molar-refractivity contribution in [1.29, 1.82) is 0 Å². The minimum absolute atomic E-state index is 0.0883. The summed E-state index contributed by atoms with van der Waals surface area (Å²) in [6.45, 7) is 0.923. The second-order valence-electron chi connectivity index (χ2n) is 8.81. The molecule has 0 aromatic heterocycles. The van der Waals surface area contributed by atoms with Gasteiger partial charge in [-0.25, -0.2) is 13.6 Å². The molecule has 2 unspecified atom stereocenters. The summed E-state index contributed by atoms with van der Waals surface area (Å²) >= 11 is 6.07. The molecule has 3 fully saturated rings. The number of hydrogen-bond donors (Lipinski definition) is 2. The molecule has 8 heteroatoms. The molecule has 2 N–H and O–H groups in total. The fourth-order valence-electron chi connectivity index (χ4n) is 5.21. The standard InChI is InChI=1S/C23H24ClF2N3O2/c24-15-3-1-14(2-4-15)20-23(21(30)29(20)19-5-6-19)7-9-28(10-8-23)22(31)27-18-12-16(25)11-17(26)13-18/h1-4,11-13,19-21,30H,5-10H2,(H,27,31). The number of urea groups is 1. The summed E-state index contributed by atoms with van der Waals surface area (Å²) in [5.41, 5.74) is 0.901. The normalized spacial score (nSPS) is 25.4. The smallest absolute Gasteiger partial charge is 0.321 e. The molecule has 1 spiro atoms. The van der Waals surface area contributed by atoms with Crippen molar-refractivity contribution in [1.82, 2.24) is 9.80 Å². The van der Waals surface area contributed by atoms with Crippen LogP contribution in [0.25, 0.3) is 0 Å². The van der Waals surface area contributed by atoms with Crippen LogP contribution >= 0.6 is 11.6 Å². The van der Waals surface area contributed by atoms with Crippen LogP contribution in [0.15, 0.2) is 42.5 Å². The van der Waals surface area contributed by atoms with Crippen LogP contribution in [-0.4, -0.2) is 46.3 Å². The first-order valence-electron chi connectivity index (χ1n) is 10.6. The highest BCUT2D eigenvalue weighted by atomic mass is 35.5. The lowest BCUT2D eigenvalue weighted by molar-refractivity contribution is -0.261. The Balaban J connectivity index is 1.30. The molecule has 2 saturated heterocycles. The Morgan fingerprint density at radius 2 is 1.68 bits per heavy atom. The third-order valence-corrected chi connectivity index (χ3v) is 7.14. The summed E-state index contributed by atoms with van der Waals surface area (Å²) in [4.78, 5) is 16.5. The zero-order valence-corrected chi connectivity index (χ0v) is 17.7. The van der Waals surface area contributed by atoms with Crippen LogP contribution in [-0.2, 0) is 0 Å². The Morgan fingerprint density at radius 3 is 2.26 bits per heavy atom. The molecule has 2 amide bonds. The Hall–Kier alpha value is -2.22. The third kappa shape index (κ3) is 3.69. The van der Waals surface area contributed by atoms with Crippen LogP contribution in [0.2, 0.25) is 5.02 Å². The number of carbonyl (C=O) groups excluding carboxylic acids is 1. The van der Waals surface area contributed by atoms with Crippen molar-refractivity contribution >= 4 is 23.3 Å². The molecule has 2 aromatic rings. The van der Waals surface area contributed by atoms with Gasteiger partial charge in [0.2, 0.25) is 0 Å². The second-order valence-corrected chi connectivity index (χ2v) is 9.25. The van der Waals surface area contributed by atoms with Gasteiger partial charge in [-0.05, 0) is 55.5 Å². The van der Waals surface area contributed by atoms with Crippen LogP contribution in [0.4, 0.5) is 19.3 Å². The molecule has 2 aromatic carbocycles. The molecular formula is C23H24ClF2N3O2. The number of carbonyl (C=O) groups is 1. The van der Waals surface area contributed by atoms with Gasteiger partial charge in [0, 0.05) is 47.4 Å². The van der Waals surface area contributed by atoms with E-state index in [4.69, 9.17) is 11.6 Å². The summed E-state index contributed by atoms with van der Waals surface area (Å²) in [7, 11) is 0. The van der Waals surface area contributed by atoms with Crippen molar-refractivity contribution in [2.75, 3.05) is 18.4 Å². The van der Waals surface area contributed by atoms with Gasteiger partial charge in [-0.3, -0.25) is 4.90 Å². The summed E-state index contributed by atoms with van der Waals surface area (Å²) in [6, 6.07) is 10.8. The Kier molecular flexibility index (Phi) is 5.15. The van der Waals surface area contributed by atoms with E-state index in [0.29, 0.717) is 37.0 Å². The summed E-state index contributed by atoms with van der Waals surface area (Å²) < 4.78 is 26.8. The van der Waals surface area contributed by atoms with Crippen molar-refractivity contribution in [2.45, 2.75) is 44.0 Å². The number of aliphatic hydroxyl groups excluding tert-OH is 1. The van der Waals surface area contributed by atoms with E-state index >= 15 is 0 Å². The lowest BCUT2D eigenvalue weighted by Gasteiger charge is -2.64. The number of benzene rings is 2. The predicted octanol–water partition coefficient (Wildman–Crippen LogP) is 4.77. The molecule has 2 heterocycles. The zero-order chi connectivity index (χ0) is 21.8. The average molecular weight is 448 g/mol. The first kappa shape index (κ1) is 20.7. The quantitative estimate of drug-likeness (QED) is 0.712. The second kappa shape index (κ2) is 7.73. The number of anilines is 1. The molecule has 1 aliphatic carbocycles. The van der Waals surface area contributed by atoms with Crippen LogP contribution in [0, 0.1) is 17.0 Å². The molecule has 5 nitrogen and oxygen atoms in total. The van der Waals surface area contributed by atoms with E-state index in [0.717, 1.165) is 36.6 Å². The highest BCUT2D eigenvalue weighted by molar-refractivity contribution is 6.30. The van der Waals surface area contributed by atoms with Gasteiger partial charge in [0.05, 0.1) is 0 Å². The molecule has 3 aliphatic rings. The summed E-state index contributed by atoms with van der Waals surface area (Å²) in [5, 5.41) is 14.3. The largest absolute Gasteiger partial charge is 0.378 e. The van der Waals surface area contributed by atoms with Gasteiger partial charge < -0.3 is 15.3 Å². The predicted molar refractivity (Wildman–Crippen MR) is 114 cm³/mol. The van der Waals surface area contributed by atoms with Crippen molar-refractivity contribution in [3.63, 3.8) is 0 Å².